The van der Waals surface area contributed by atoms with Gasteiger partial charge in [0.2, 0.25) is 0 Å². The normalized spacial score (nSPS) is 21.4. The summed E-state index contributed by atoms with van der Waals surface area (Å²) < 4.78 is 47.6. The van der Waals surface area contributed by atoms with Gasteiger partial charge in [-0.15, -0.1) is 0 Å². The Morgan fingerprint density at radius 3 is 2.55 bits per heavy atom. The third-order valence-electron chi connectivity index (χ3n) is 3.31. The molecule has 112 valence electrons. The first kappa shape index (κ1) is 15.7. The van der Waals surface area contributed by atoms with Crippen molar-refractivity contribution in [3.63, 3.8) is 0 Å². The highest BCUT2D eigenvalue weighted by molar-refractivity contribution is 7.99. The van der Waals surface area contributed by atoms with Gasteiger partial charge in [-0.3, -0.25) is 0 Å². The number of hydrogen-bond acceptors (Lipinski definition) is 4. The standard InChI is InChI=1S/C13H17F2NO2S2/c14-13(15)19-11-5-3-10(4-6-11)8-16-9-12-2-1-7-20(12,17)18/h3-6,12-13,16H,1-2,7-9H2. The topological polar surface area (TPSA) is 46.2 Å². The van der Waals surface area contributed by atoms with Crippen LogP contribution in [0.2, 0.25) is 0 Å². The summed E-state index contributed by atoms with van der Waals surface area (Å²) in [5, 5.41) is 2.84. The SMILES string of the molecule is O=S1(=O)CCCC1CNCc1ccc(SC(F)F)cc1. The van der Waals surface area contributed by atoms with Gasteiger partial charge in [0.15, 0.2) is 9.84 Å². The minimum Gasteiger partial charge on any atom is -0.311 e. The lowest BCUT2D eigenvalue weighted by Crippen LogP contribution is -2.30. The summed E-state index contributed by atoms with van der Waals surface area (Å²) in [7, 11) is -2.91. The molecule has 0 spiro atoms. The molecule has 1 fully saturated rings. The number of sulfone groups is 1. The van der Waals surface area contributed by atoms with Crippen LogP contribution in [-0.2, 0) is 16.4 Å². The van der Waals surface area contributed by atoms with Crippen LogP contribution in [0.25, 0.3) is 0 Å². The molecule has 0 aromatic heterocycles. The molecule has 1 aromatic rings. The molecule has 0 amide bonds. The molecule has 1 heterocycles. The highest BCUT2D eigenvalue weighted by Gasteiger charge is 2.30. The van der Waals surface area contributed by atoms with E-state index in [0.29, 0.717) is 35.5 Å². The zero-order chi connectivity index (χ0) is 14.6. The second-order valence-electron chi connectivity index (χ2n) is 4.78. The highest BCUT2D eigenvalue weighted by Crippen LogP contribution is 2.25. The molecular weight excluding hydrogens is 304 g/mol. The van der Waals surface area contributed by atoms with E-state index < -0.39 is 15.6 Å². The maximum absolute atomic E-state index is 12.2. The summed E-state index contributed by atoms with van der Waals surface area (Å²) >= 11 is 0.518. The molecule has 0 radical (unpaired) electrons. The summed E-state index contributed by atoms with van der Waals surface area (Å²) in [6.07, 6.45) is 1.47. The van der Waals surface area contributed by atoms with Crippen molar-refractivity contribution in [1.82, 2.24) is 5.32 Å². The predicted octanol–water partition coefficient (Wildman–Crippen LogP) is 2.67. The molecule has 1 saturated heterocycles. The molecule has 20 heavy (non-hydrogen) atoms. The lowest BCUT2D eigenvalue weighted by Gasteiger charge is -2.11. The molecule has 0 aliphatic carbocycles. The summed E-state index contributed by atoms with van der Waals surface area (Å²) in [6.45, 7) is 1.00. The van der Waals surface area contributed by atoms with Crippen molar-refractivity contribution >= 4 is 21.6 Å². The zero-order valence-corrected chi connectivity index (χ0v) is 12.5. The van der Waals surface area contributed by atoms with Gasteiger partial charge in [0.05, 0.1) is 11.0 Å². The molecule has 1 N–H and O–H groups in total. The molecule has 0 bridgehead atoms. The summed E-state index contributed by atoms with van der Waals surface area (Å²) in [6, 6.07) is 6.86. The Balaban J connectivity index is 1.79. The fraction of sp³-hybridized carbons (Fsp3) is 0.538. The minimum absolute atomic E-state index is 0.281. The molecule has 3 nitrogen and oxygen atoms in total. The average Bonchev–Trinajstić information content (AvgIpc) is 2.70. The van der Waals surface area contributed by atoms with Gasteiger partial charge in [0, 0.05) is 18.0 Å². The van der Waals surface area contributed by atoms with Gasteiger partial charge >= 0.3 is 0 Å². The highest BCUT2D eigenvalue weighted by atomic mass is 32.2. The van der Waals surface area contributed by atoms with Crippen molar-refractivity contribution in [1.29, 1.82) is 0 Å². The zero-order valence-electron chi connectivity index (χ0n) is 10.9. The van der Waals surface area contributed by atoms with Crippen molar-refractivity contribution in [2.75, 3.05) is 12.3 Å². The largest absolute Gasteiger partial charge is 0.311 e. The van der Waals surface area contributed by atoms with Crippen LogP contribution in [0.5, 0.6) is 0 Å². The number of nitrogens with one attached hydrogen (secondary N) is 1. The third kappa shape index (κ3) is 4.43. The lowest BCUT2D eigenvalue weighted by molar-refractivity contribution is 0.252. The number of hydrogen-bond donors (Lipinski definition) is 1. The minimum atomic E-state index is -2.91. The fourth-order valence-electron chi connectivity index (χ4n) is 2.25. The lowest BCUT2D eigenvalue weighted by atomic mass is 10.2. The van der Waals surface area contributed by atoms with Gasteiger partial charge in [-0.1, -0.05) is 23.9 Å². The summed E-state index contributed by atoms with van der Waals surface area (Å²) in [4.78, 5) is 0.530. The number of halogens is 2. The van der Waals surface area contributed by atoms with Crippen molar-refractivity contribution in [2.24, 2.45) is 0 Å². The number of alkyl halides is 2. The molecule has 1 aliphatic heterocycles. The van der Waals surface area contributed by atoms with Crippen LogP contribution < -0.4 is 5.32 Å². The first-order valence-electron chi connectivity index (χ1n) is 6.43. The van der Waals surface area contributed by atoms with Gasteiger partial charge in [-0.05, 0) is 30.5 Å². The molecule has 1 aromatic carbocycles. The summed E-state index contributed by atoms with van der Waals surface area (Å²) in [5.74, 6) is -2.12. The molecule has 1 atom stereocenters. The van der Waals surface area contributed by atoms with E-state index in [2.05, 4.69) is 5.32 Å². The molecule has 1 unspecified atom stereocenters. The van der Waals surface area contributed by atoms with E-state index in [4.69, 9.17) is 0 Å². The van der Waals surface area contributed by atoms with E-state index in [0.717, 1.165) is 18.4 Å². The van der Waals surface area contributed by atoms with E-state index >= 15 is 0 Å². The van der Waals surface area contributed by atoms with Gasteiger partial charge in [-0.2, -0.15) is 8.78 Å². The van der Waals surface area contributed by atoms with E-state index in [1.54, 1.807) is 24.3 Å². The Morgan fingerprint density at radius 1 is 1.30 bits per heavy atom. The van der Waals surface area contributed by atoms with Crippen LogP contribution in [0, 0.1) is 0 Å². The average molecular weight is 321 g/mol. The Morgan fingerprint density at radius 2 is 2.00 bits per heavy atom. The van der Waals surface area contributed by atoms with Crippen LogP contribution in [0.4, 0.5) is 8.78 Å². The van der Waals surface area contributed by atoms with E-state index in [-0.39, 0.29) is 5.25 Å². The van der Waals surface area contributed by atoms with Crippen molar-refractivity contribution in [2.45, 2.75) is 35.3 Å². The van der Waals surface area contributed by atoms with Crippen LogP contribution in [0.1, 0.15) is 18.4 Å². The van der Waals surface area contributed by atoms with Crippen molar-refractivity contribution in [3.8, 4) is 0 Å². The van der Waals surface area contributed by atoms with E-state index in [1.807, 2.05) is 0 Å². The Labute approximate surface area is 122 Å². The van der Waals surface area contributed by atoms with Crippen LogP contribution in [0.3, 0.4) is 0 Å². The van der Waals surface area contributed by atoms with Crippen molar-refractivity contribution < 1.29 is 17.2 Å². The number of benzene rings is 1. The fourth-order valence-corrected chi connectivity index (χ4v) is 4.55. The Bertz CT molecular complexity index is 532. The second-order valence-corrected chi connectivity index (χ2v) is 8.25. The van der Waals surface area contributed by atoms with Crippen molar-refractivity contribution in [3.05, 3.63) is 29.8 Å². The molecule has 2 rings (SSSR count). The smallest absolute Gasteiger partial charge is 0.288 e. The van der Waals surface area contributed by atoms with Gasteiger partial charge in [0.1, 0.15) is 0 Å². The molecule has 0 saturated carbocycles. The van der Waals surface area contributed by atoms with Crippen LogP contribution in [0.15, 0.2) is 29.2 Å². The summed E-state index contributed by atoms with van der Waals surface area (Å²) in [5.41, 5.74) is 0.957. The monoisotopic (exact) mass is 321 g/mol. The predicted molar refractivity (Wildman–Crippen MR) is 76.8 cm³/mol. The van der Waals surface area contributed by atoms with E-state index in [9.17, 15) is 17.2 Å². The quantitative estimate of drug-likeness (QED) is 0.818. The maximum Gasteiger partial charge on any atom is 0.288 e. The maximum atomic E-state index is 12.2. The Hall–Kier alpha value is -0.660. The van der Waals surface area contributed by atoms with Crippen LogP contribution >= 0.6 is 11.8 Å². The van der Waals surface area contributed by atoms with Gasteiger partial charge in [-0.25, -0.2) is 8.42 Å². The number of rotatable bonds is 6. The van der Waals surface area contributed by atoms with Gasteiger partial charge < -0.3 is 5.32 Å². The second kappa shape index (κ2) is 6.87. The Kier molecular flexibility index (Phi) is 5.40. The first-order chi connectivity index (χ1) is 9.47. The third-order valence-corrected chi connectivity index (χ3v) is 6.31. The van der Waals surface area contributed by atoms with Gasteiger partial charge in [0.25, 0.3) is 5.76 Å². The number of thioether (sulfide) groups is 1. The molecule has 7 heteroatoms. The van der Waals surface area contributed by atoms with E-state index in [1.165, 1.54) is 0 Å². The molecule has 1 aliphatic rings. The first-order valence-corrected chi connectivity index (χ1v) is 9.03. The van der Waals surface area contributed by atoms with Crippen LogP contribution in [-0.4, -0.2) is 31.7 Å². The molecular formula is C13H17F2NO2S2.